The monoisotopic (exact) mass is 370 g/mol. The molecule has 0 spiro atoms. The Balaban J connectivity index is 2.56. The highest BCUT2D eigenvalue weighted by Gasteiger charge is 2.41. The SMILES string of the molecule is CCCCCCCCCC(=O)[C@](Cl)(CCC)S(=O)c1ccccc1. The van der Waals surface area contributed by atoms with Gasteiger partial charge in [-0.2, -0.15) is 0 Å². The molecule has 0 saturated heterocycles. The zero-order chi connectivity index (χ0) is 17.8. The van der Waals surface area contributed by atoms with Gasteiger partial charge in [-0.3, -0.25) is 9.00 Å². The second-order valence-corrected chi connectivity index (χ2v) is 8.93. The van der Waals surface area contributed by atoms with Crippen LogP contribution in [0.5, 0.6) is 0 Å². The summed E-state index contributed by atoms with van der Waals surface area (Å²) < 4.78 is 11.6. The standard InChI is InChI=1S/C20H31ClO2S/c1-3-5-6-7-8-9-13-16-19(22)20(21,17-4-2)24(23)18-14-11-10-12-15-18/h10-12,14-15H,3-9,13,16-17H2,1-2H3/t20-,24?/m0/s1. The van der Waals surface area contributed by atoms with E-state index < -0.39 is 15.0 Å². The molecule has 4 heteroatoms. The third-order valence-corrected chi connectivity index (χ3v) is 6.79. The Kier molecular flexibility index (Phi) is 10.5. The highest BCUT2D eigenvalue weighted by molar-refractivity contribution is 7.89. The molecule has 0 heterocycles. The number of carbonyl (C=O) groups excluding carboxylic acids is 1. The Morgan fingerprint density at radius 1 is 0.958 bits per heavy atom. The zero-order valence-electron chi connectivity index (χ0n) is 15.1. The molecule has 1 aromatic rings. The number of benzene rings is 1. The maximum atomic E-state index is 12.9. The third-order valence-electron chi connectivity index (χ3n) is 4.25. The molecule has 0 aliphatic heterocycles. The van der Waals surface area contributed by atoms with Gasteiger partial charge in [-0.05, 0) is 25.0 Å². The van der Waals surface area contributed by atoms with E-state index in [-0.39, 0.29) is 5.78 Å². The molecule has 24 heavy (non-hydrogen) atoms. The maximum absolute atomic E-state index is 12.9. The van der Waals surface area contributed by atoms with Crippen molar-refractivity contribution in [1.82, 2.24) is 0 Å². The number of Topliss-reactive ketones (excluding diaryl/α,β-unsaturated/α-hetero) is 1. The molecule has 2 atom stereocenters. The summed E-state index contributed by atoms with van der Waals surface area (Å²) in [4.78, 5) is 13.3. The van der Waals surface area contributed by atoms with Gasteiger partial charge in [-0.25, -0.2) is 0 Å². The zero-order valence-corrected chi connectivity index (χ0v) is 16.6. The Morgan fingerprint density at radius 2 is 1.54 bits per heavy atom. The molecule has 1 rings (SSSR count). The van der Waals surface area contributed by atoms with Crippen LogP contribution in [0.15, 0.2) is 35.2 Å². The number of hydrogen-bond acceptors (Lipinski definition) is 2. The van der Waals surface area contributed by atoms with E-state index in [1.807, 2.05) is 25.1 Å². The lowest BCUT2D eigenvalue weighted by atomic mass is 10.0. The first-order valence-electron chi connectivity index (χ1n) is 9.25. The minimum Gasteiger partial charge on any atom is -0.297 e. The molecule has 0 aromatic heterocycles. The minimum atomic E-state index is -1.51. The van der Waals surface area contributed by atoms with Gasteiger partial charge in [0, 0.05) is 11.3 Å². The highest BCUT2D eigenvalue weighted by atomic mass is 35.5. The fraction of sp³-hybridized carbons (Fsp3) is 0.650. The Morgan fingerprint density at radius 3 is 2.12 bits per heavy atom. The predicted molar refractivity (Wildman–Crippen MR) is 104 cm³/mol. The van der Waals surface area contributed by atoms with Crippen molar-refractivity contribution in [2.75, 3.05) is 0 Å². The van der Waals surface area contributed by atoms with Gasteiger partial charge in [-0.1, -0.05) is 88.6 Å². The van der Waals surface area contributed by atoms with Crippen molar-refractivity contribution >= 4 is 28.2 Å². The summed E-state index contributed by atoms with van der Waals surface area (Å²) in [5.41, 5.74) is 0. The van der Waals surface area contributed by atoms with E-state index in [1.54, 1.807) is 12.1 Å². The van der Waals surface area contributed by atoms with E-state index in [4.69, 9.17) is 11.6 Å². The van der Waals surface area contributed by atoms with Gasteiger partial charge in [0.1, 0.15) is 0 Å². The van der Waals surface area contributed by atoms with Crippen molar-refractivity contribution in [2.45, 2.75) is 87.2 Å². The predicted octanol–water partition coefficient (Wildman–Crippen LogP) is 6.24. The van der Waals surface area contributed by atoms with Gasteiger partial charge >= 0.3 is 0 Å². The summed E-state index contributed by atoms with van der Waals surface area (Å²) in [5, 5.41) is 0. The first-order chi connectivity index (χ1) is 11.6. The van der Waals surface area contributed by atoms with Crippen LogP contribution in [0.3, 0.4) is 0 Å². The minimum absolute atomic E-state index is 0.0678. The number of carbonyl (C=O) groups is 1. The average molecular weight is 371 g/mol. The molecule has 0 amide bonds. The number of hydrogen-bond donors (Lipinski definition) is 0. The number of unbranched alkanes of at least 4 members (excludes halogenated alkanes) is 6. The van der Waals surface area contributed by atoms with E-state index in [0.29, 0.717) is 17.7 Å². The van der Waals surface area contributed by atoms with Crippen LogP contribution in [0.4, 0.5) is 0 Å². The molecule has 0 aliphatic carbocycles. The summed E-state index contributed by atoms with van der Waals surface area (Å²) in [6.07, 6.45) is 9.72. The van der Waals surface area contributed by atoms with E-state index in [2.05, 4.69) is 6.92 Å². The van der Waals surface area contributed by atoms with Crippen molar-refractivity contribution in [2.24, 2.45) is 0 Å². The van der Waals surface area contributed by atoms with Crippen LogP contribution in [0, 0.1) is 0 Å². The summed E-state index contributed by atoms with van der Waals surface area (Å²) in [5.74, 6) is -0.0678. The second kappa shape index (κ2) is 11.8. The van der Waals surface area contributed by atoms with E-state index in [1.165, 1.54) is 25.7 Å². The summed E-state index contributed by atoms with van der Waals surface area (Å²) in [7, 11) is -1.51. The molecule has 0 bridgehead atoms. The molecule has 0 N–H and O–H groups in total. The smallest absolute Gasteiger partial charge is 0.181 e. The van der Waals surface area contributed by atoms with Crippen LogP contribution in [-0.2, 0) is 15.6 Å². The van der Waals surface area contributed by atoms with Crippen LogP contribution in [0.25, 0.3) is 0 Å². The lowest BCUT2D eigenvalue weighted by Crippen LogP contribution is -2.37. The number of alkyl halides is 1. The molecular weight excluding hydrogens is 340 g/mol. The molecule has 0 fully saturated rings. The van der Waals surface area contributed by atoms with Crippen LogP contribution < -0.4 is 0 Å². The van der Waals surface area contributed by atoms with Gasteiger partial charge in [0.05, 0.1) is 10.8 Å². The fourth-order valence-corrected chi connectivity index (χ4v) is 4.84. The van der Waals surface area contributed by atoms with Gasteiger partial charge in [0.15, 0.2) is 9.99 Å². The quantitative estimate of drug-likeness (QED) is 0.304. The first kappa shape index (κ1) is 21.4. The molecular formula is C20H31ClO2S. The van der Waals surface area contributed by atoms with Crippen molar-refractivity contribution < 1.29 is 9.00 Å². The third kappa shape index (κ3) is 6.68. The van der Waals surface area contributed by atoms with Crippen LogP contribution in [-0.4, -0.2) is 14.2 Å². The van der Waals surface area contributed by atoms with Gasteiger partial charge < -0.3 is 0 Å². The van der Waals surface area contributed by atoms with Crippen molar-refractivity contribution in [1.29, 1.82) is 0 Å². The topological polar surface area (TPSA) is 34.1 Å². The van der Waals surface area contributed by atoms with Crippen molar-refractivity contribution in [3.63, 3.8) is 0 Å². The highest BCUT2D eigenvalue weighted by Crippen LogP contribution is 2.33. The van der Waals surface area contributed by atoms with Gasteiger partial charge in [0.25, 0.3) is 0 Å². The number of rotatable bonds is 13. The lowest BCUT2D eigenvalue weighted by Gasteiger charge is -2.24. The van der Waals surface area contributed by atoms with Crippen LogP contribution in [0.1, 0.15) is 78.1 Å². The average Bonchev–Trinajstić information content (AvgIpc) is 2.61. The largest absolute Gasteiger partial charge is 0.297 e. The normalized spacial score (nSPS) is 15.0. The fourth-order valence-electron chi connectivity index (χ4n) is 2.82. The molecule has 136 valence electrons. The molecule has 0 aliphatic rings. The number of ketones is 1. The molecule has 1 aromatic carbocycles. The summed E-state index contributed by atoms with van der Waals surface area (Å²) >= 11 is 6.61. The Bertz CT molecular complexity index is 504. The van der Waals surface area contributed by atoms with Gasteiger partial charge in [0.2, 0.25) is 0 Å². The Labute approximate surface area is 154 Å². The van der Waals surface area contributed by atoms with Crippen LogP contribution in [0.2, 0.25) is 0 Å². The van der Waals surface area contributed by atoms with E-state index in [9.17, 15) is 9.00 Å². The Hall–Kier alpha value is -0.670. The molecule has 2 nitrogen and oxygen atoms in total. The number of halogens is 1. The lowest BCUT2D eigenvalue weighted by molar-refractivity contribution is -0.119. The van der Waals surface area contributed by atoms with Crippen LogP contribution >= 0.6 is 11.6 Å². The molecule has 1 unspecified atom stereocenters. The molecule has 0 radical (unpaired) electrons. The summed E-state index contributed by atoms with van der Waals surface area (Å²) in [6, 6.07) is 9.10. The summed E-state index contributed by atoms with van der Waals surface area (Å²) in [6.45, 7) is 4.18. The van der Waals surface area contributed by atoms with Gasteiger partial charge in [-0.15, -0.1) is 0 Å². The molecule has 0 saturated carbocycles. The van der Waals surface area contributed by atoms with Crippen molar-refractivity contribution in [3.8, 4) is 0 Å². The first-order valence-corrected chi connectivity index (χ1v) is 10.8. The second-order valence-electron chi connectivity index (χ2n) is 6.35. The maximum Gasteiger partial charge on any atom is 0.181 e. The van der Waals surface area contributed by atoms with Crippen molar-refractivity contribution in [3.05, 3.63) is 30.3 Å². The van der Waals surface area contributed by atoms with E-state index >= 15 is 0 Å². The van der Waals surface area contributed by atoms with E-state index in [0.717, 1.165) is 25.7 Å².